The number of nitrogens with zero attached hydrogens (tertiary/aromatic N) is 2. The van der Waals surface area contributed by atoms with Gasteiger partial charge in [0, 0.05) is 5.41 Å². The van der Waals surface area contributed by atoms with Crippen LogP contribution in [-0.4, -0.2) is 22.7 Å². The molecular formula is C12H17N3O2. The normalized spacial score (nSPS) is 40.5. The van der Waals surface area contributed by atoms with Gasteiger partial charge in [0.1, 0.15) is 12.5 Å². The van der Waals surface area contributed by atoms with Crippen LogP contribution in [0.2, 0.25) is 0 Å². The minimum absolute atomic E-state index is 0.550. The van der Waals surface area contributed by atoms with E-state index in [1.165, 1.54) is 0 Å². The number of nitriles is 2. The second-order valence-electron chi connectivity index (χ2n) is 5.06. The molecule has 1 heterocycles. The van der Waals surface area contributed by atoms with Crippen LogP contribution in [0.4, 0.5) is 0 Å². The van der Waals surface area contributed by atoms with Crippen LogP contribution in [0.25, 0.3) is 0 Å². The smallest absolute Gasteiger partial charge is 0.123 e. The number of hydrogen-bond donors (Lipinski definition) is 3. The van der Waals surface area contributed by atoms with Crippen LogP contribution in [0.15, 0.2) is 0 Å². The Bertz CT molecular complexity index is 337. The Morgan fingerprint density at radius 1 is 0.941 bits per heavy atom. The molecule has 0 bridgehead atoms. The van der Waals surface area contributed by atoms with Gasteiger partial charge in [0.2, 0.25) is 0 Å². The number of piperidine rings is 1. The molecule has 0 aromatic carbocycles. The summed E-state index contributed by atoms with van der Waals surface area (Å²) in [6.45, 7) is 0. The van der Waals surface area contributed by atoms with Gasteiger partial charge in [-0.3, -0.25) is 5.32 Å². The molecule has 5 nitrogen and oxygen atoms in total. The molecular weight excluding hydrogens is 218 g/mol. The molecule has 3 N–H and O–H groups in total. The Morgan fingerprint density at radius 3 is 1.82 bits per heavy atom. The first-order chi connectivity index (χ1) is 8.15. The fourth-order valence-electron chi connectivity index (χ4n) is 3.42. The monoisotopic (exact) mass is 235 g/mol. The first-order valence-corrected chi connectivity index (χ1v) is 6.07. The molecule has 0 aromatic heterocycles. The van der Waals surface area contributed by atoms with Crippen LogP contribution >= 0.6 is 0 Å². The fourth-order valence-corrected chi connectivity index (χ4v) is 3.42. The summed E-state index contributed by atoms with van der Waals surface area (Å²) < 4.78 is 0. The zero-order valence-electron chi connectivity index (χ0n) is 9.63. The van der Waals surface area contributed by atoms with E-state index in [1.807, 2.05) is 0 Å². The summed E-state index contributed by atoms with van der Waals surface area (Å²) in [5, 5.41) is 40.7. The molecule has 2 fully saturated rings. The van der Waals surface area contributed by atoms with Gasteiger partial charge in [0.15, 0.2) is 0 Å². The standard InChI is InChI=1S/C12H17N3O2/c13-6-8-10(16)15-11(17)9(7-14)12(8)4-2-1-3-5-12/h8-11,15-17H,1-5H2. The van der Waals surface area contributed by atoms with Crippen LogP contribution in [-0.2, 0) is 0 Å². The van der Waals surface area contributed by atoms with E-state index in [2.05, 4.69) is 17.5 Å². The first-order valence-electron chi connectivity index (χ1n) is 6.07. The molecule has 1 aliphatic carbocycles. The second-order valence-corrected chi connectivity index (χ2v) is 5.06. The molecule has 2 aliphatic rings. The van der Waals surface area contributed by atoms with Gasteiger partial charge in [-0.2, -0.15) is 10.5 Å². The van der Waals surface area contributed by atoms with Gasteiger partial charge in [-0.1, -0.05) is 19.3 Å². The highest BCUT2D eigenvalue weighted by Gasteiger charge is 2.55. The number of aliphatic hydroxyl groups excluding tert-OH is 2. The zero-order chi connectivity index (χ0) is 12.5. The van der Waals surface area contributed by atoms with Crippen molar-refractivity contribution in [2.45, 2.75) is 44.6 Å². The van der Waals surface area contributed by atoms with E-state index in [0.29, 0.717) is 0 Å². The van der Waals surface area contributed by atoms with E-state index < -0.39 is 29.7 Å². The van der Waals surface area contributed by atoms with Crippen LogP contribution in [0.3, 0.4) is 0 Å². The summed E-state index contributed by atoms with van der Waals surface area (Å²) in [6.07, 6.45) is 2.39. The van der Waals surface area contributed by atoms with Gasteiger partial charge in [-0.05, 0) is 12.8 Å². The van der Waals surface area contributed by atoms with Gasteiger partial charge in [0.05, 0.1) is 24.0 Å². The Labute approximate surface area is 101 Å². The maximum Gasteiger partial charge on any atom is 0.123 e. The molecule has 0 radical (unpaired) electrons. The average molecular weight is 235 g/mol. The minimum atomic E-state index is -1.04. The number of nitrogens with one attached hydrogen (secondary N) is 1. The van der Waals surface area contributed by atoms with Crippen molar-refractivity contribution < 1.29 is 10.2 Å². The lowest BCUT2D eigenvalue weighted by molar-refractivity contribution is -0.128. The second kappa shape index (κ2) is 4.62. The molecule has 1 saturated heterocycles. The van der Waals surface area contributed by atoms with Gasteiger partial charge in [-0.15, -0.1) is 0 Å². The molecule has 5 heteroatoms. The van der Waals surface area contributed by atoms with E-state index >= 15 is 0 Å². The van der Waals surface area contributed by atoms with Crippen molar-refractivity contribution in [1.82, 2.24) is 5.32 Å². The van der Waals surface area contributed by atoms with E-state index in [9.17, 15) is 20.7 Å². The summed E-state index contributed by atoms with van der Waals surface area (Å²) in [5.74, 6) is -1.23. The molecule has 1 spiro atoms. The highest BCUT2D eigenvalue weighted by atomic mass is 16.3. The Kier molecular flexibility index (Phi) is 3.35. The van der Waals surface area contributed by atoms with Gasteiger partial charge < -0.3 is 10.2 Å². The van der Waals surface area contributed by atoms with Gasteiger partial charge >= 0.3 is 0 Å². The van der Waals surface area contributed by atoms with E-state index in [4.69, 9.17) is 0 Å². The highest BCUT2D eigenvalue weighted by Crippen LogP contribution is 2.51. The Morgan fingerprint density at radius 2 is 1.41 bits per heavy atom. The third kappa shape index (κ3) is 1.81. The minimum Gasteiger partial charge on any atom is -0.377 e. The molecule has 1 saturated carbocycles. The first kappa shape index (κ1) is 12.3. The maximum atomic E-state index is 9.87. The summed E-state index contributed by atoms with van der Waals surface area (Å²) in [5.41, 5.74) is -0.550. The molecule has 4 unspecified atom stereocenters. The SMILES string of the molecule is N#CC1C(O)NC(O)C(C#N)C12CCCCC2. The lowest BCUT2D eigenvalue weighted by atomic mass is 9.57. The molecule has 2 rings (SSSR count). The molecule has 17 heavy (non-hydrogen) atoms. The van der Waals surface area contributed by atoms with Crippen molar-refractivity contribution in [3.05, 3.63) is 0 Å². The van der Waals surface area contributed by atoms with Gasteiger partial charge in [0.25, 0.3) is 0 Å². The number of hydrogen-bond acceptors (Lipinski definition) is 5. The maximum absolute atomic E-state index is 9.87. The summed E-state index contributed by atoms with van der Waals surface area (Å²) in [4.78, 5) is 0. The van der Waals surface area contributed by atoms with Crippen LogP contribution in [0, 0.1) is 39.9 Å². The number of aliphatic hydroxyl groups is 2. The van der Waals surface area contributed by atoms with Gasteiger partial charge in [-0.25, -0.2) is 0 Å². The predicted molar refractivity (Wildman–Crippen MR) is 58.9 cm³/mol. The summed E-state index contributed by atoms with van der Waals surface area (Å²) in [6, 6.07) is 4.25. The zero-order valence-corrected chi connectivity index (χ0v) is 9.63. The third-order valence-corrected chi connectivity index (χ3v) is 4.27. The van der Waals surface area contributed by atoms with Crippen molar-refractivity contribution >= 4 is 0 Å². The van der Waals surface area contributed by atoms with Crippen molar-refractivity contribution in [2.24, 2.45) is 17.3 Å². The largest absolute Gasteiger partial charge is 0.377 e. The third-order valence-electron chi connectivity index (χ3n) is 4.27. The molecule has 4 atom stereocenters. The summed E-state index contributed by atoms with van der Waals surface area (Å²) in [7, 11) is 0. The Balaban J connectivity index is 2.39. The van der Waals surface area contributed by atoms with E-state index in [1.54, 1.807) is 0 Å². The molecule has 1 aliphatic heterocycles. The average Bonchev–Trinajstić information content (AvgIpc) is 2.30. The molecule has 0 aromatic rings. The van der Waals surface area contributed by atoms with Crippen molar-refractivity contribution in [3.8, 4) is 12.1 Å². The Hall–Kier alpha value is -1.14. The quantitative estimate of drug-likeness (QED) is 0.566. The molecule has 92 valence electrons. The lowest BCUT2D eigenvalue weighted by Crippen LogP contribution is -2.62. The van der Waals surface area contributed by atoms with Crippen LogP contribution in [0.1, 0.15) is 32.1 Å². The van der Waals surface area contributed by atoms with Crippen molar-refractivity contribution in [2.75, 3.05) is 0 Å². The highest BCUT2D eigenvalue weighted by molar-refractivity contribution is 5.14. The van der Waals surface area contributed by atoms with Crippen molar-refractivity contribution in [3.63, 3.8) is 0 Å². The predicted octanol–water partition coefficient (Wildman–Crippen LogP) is 0.456. The summed E-state index contributed by atoms with van der Waals surface area (Å²) >= 11 is 0. The lowest BCUT2D eigenvalue weighted by Gasteiger charge is -2.50. The van der Waals surface area contributed by atoms with E-state index in [0.717, 1.165) is 32.1 Å². The van der Waals surface area contributed by atoms with Crippen LogP contribution in [0.5, 0.6) is 0 Å². The van der Waals surface area contributed by atoms with Crippen LogP contribution < -0.4 is 5.32 Å². The van der Waals surface area contributed by atoms with E-state index in [-0.39, 0.29) is 0 Å². The fraction of sp³-hybridized carbons (Fsp3) is 0.833. The topological polar surface area (TPSA) is 100 Å². The van der Waals surface area contributed by atoms with Crippen molar-refractivity contribution in [1.29, 1.82) is 10.5 Å². The molecule has 0 amide bonds. The number of rotatable bonds is 0.